The van der Waals surface area contributed by atoms with Crippen LogP contribution in [0.5, 0.6) is 0 Å². The summed E-state index contributed by atoms with van der Waals surface area (Å²) >= 11 is 5.81. The first-order chi connectivity index (χ1) is 9.19. The van der Waals surface area contributed by atoms with E-state index in [2.05, 4.69) is 10.3 Å². The average molecular weight is 276 g/mol. The Morgan fingerprint density at radius 2 is 1.95 bits per heavy atom. The highest BCUT2D eigenvalue weighted by Crippen LogP contribution is 2.18. The molecule has 0 aliphatic rings. The summed E-state index contributed by atoms with van der Waals surface area (Å²) in [5, 5.41) is 5.09. The second kappa shape index (κ2) is 6.29. The van der Waals surface area contributed by atoms with E-state index in [9.17, 15) is 4.91 Å². The Morgan fingerprint density at radius 3 is 2.53 bits per heavy atom. The molecule has 1 heterocycles. The normalized spacial score (nSPS) is 10.2. The number of aryl methyl sites for hydroxylation is 1. The van der Waals surface area contributed by atoms with Crippen LogP contribution in [0.2, 0.25) is 5.02 Å². The lowest BCUT2D eigenvalue weighted by Crippen LogP contribution is -2.18. The monoisotopic (exact) mass is 275 g/mol. The second-order valence-electron chi connectivity index (χ2n) is 4.24. The van der Waals surface area contributed by atoms with Crippen molar-refractivity contribution >= 4 is 17.3 Å². The van der Waals surface area contributed by atoms with Gasteiger partial charge in [0.25, 0.3) is 0 Å². The van der Waals surface area contributed by atoms with Crippen LogP contribution in [0.4, 0.5) is 5.69 Å². The van der Waals surface area contributed by atoms with Gasteiger partial charge in [0.1, 0.15) is 0 Å². The molecular formula is C14H14ClN3O. The number of aromatic nitrogens is 1. The maximum Gasteiger partial charge on any atom is 0.0627 e. The summed E-state index contributed by atoms with van der Waals surface area (Å²) in [5.41, 5.74) is 2.79. The van der Waals surface area contributed by atoms with E-state index in [0.717, 1.165) is 16.9 Å². The van der Waals surface area contributed by atoms with Gasteiger partial charge >= 0.3 is 0 Å². The molecule has 0 saturated heterocycles. The van der Waals surface area contributed by atoms with Gasteiger partial charge in [-0.25, -0.2) is 5.01 Å². The number of nitrogens with zero attached hydrogens (tertiary/aromatic N) is 3. The van der Waals surface area contributed by atoms with Gasteiger partial charge in [-0.2, -0.15) is 0 Å². The largest absolute Gasteiger partial charge is 0.261 e. The molecule has 0 atom stereocenters. The molecule has 0 amide bonds. The van der Waals surface area contributed by atoms with Crippen LogP contribution in [-0.4, -0.2) is 11.5 Å². The number of rotatable bonds is 5. The number of hydrogen-bond donors (Lipinski definition) is 0. The molecule has 0 N–H and O–H groups in total. The van der Waals surface area contributed by atoms with Crippen LogP contribution in [0.3, 0.4) is 0 Å². The molecule has 0 unspecified atom stereocenters. The van der Waals surface area contributed by atoms with E-state index in [-0.39, 0.29) is 0 Å². The van der Waals surface area contributed by atoms with Crippen molar-refractivity contribution in [2.24, 2.45) is 5.29 Å². The highest BCUT2D eigenvalue weighted by Gasteiger charge is 2.06. The van der Waals surface area contributed by atoms with E-state index in [1.807, 2.05) is 25.3 Å². The van der Waals surface area contributed by atoms with Gasteiger partial charge in [-0.15, -0.1) is 4.91 Å². The Bertz CT molecular complexity index is 540. The van der Waals surface area contributed by atoms with Crippen LogP contribution in [0.25, 0.3) is 0 Å². The Morgan fingerprint density at radius 1 is 1.21 bits per heavy atom. The van der Waals surface area contributed by atoms with Crippen molar-refractivity contribution in [3.8, 4) is 0 Å². The molecule has 1 aromatic heterocycles. The quantitative estimate of drug-likeness (QED) is 0.616. The summed E-state index contributed by atoms with van der Waals surface area (Å²) in [4.78, 5) is 15.1. The van der Waals surface area contributed by atoms with Gasteiger partial charge in [0.2, 0.25) is 0 Å². The molecule has 1 aromatic carbocycles. The molecule has 0 fully saturated rings. The number of halogens is 1. The Balaban J connectivity index is 2.01. The maximum atomic E-state index is 10.9. The third kappa shape index (κ3) is 3.76. The molecule has 0 bridgehead atoms. The minimum atomic E-state index is 0.510. The summed E-state index contributed by atoms with van der Waals surface area (Å²) in [7, 11) is 0. The minimum absolute atomic E-state index is 0.510. The van der Waals surface area contributed by atoms with Crippen LogP contribution >= 0.6 is 11.6 Å². The number of hydrogen-bond acceptors (Lipinski definition) is 3. The van der Waals surface area contributed by atoms with E-state index < -0.39 is 0 Å². The fourth-order valence-corrected chi connectivity index (χ4v) is 1.84. The highest BCUT2D eigenvalue weighted by molar-refractivity contribution is 6.30. The lowest BCUT2D eigenvalue weighted by molar-refractivity contribution is 0.816. The molecule has 4 nitrogen and oxygen atoms in total. The van der Waals surface area contributed by atoms with E-state index >= 15 is 0 Å². The van der Waals surface area contributed by atoms with Gasteiger partial charge in [0.05, 0.1) is 11.0 Å². The van der Waals surface area contributed by atoms with Crippen molar-refractivity contribution < 1.29 is 0 Å². The van der Waals surface area contributed by atoms with Crippen molar-refractivity contribution in [3.05, 3.63) is 63.8 Å². The van der Waals surface area contributed by atoms with Gasteiger partial charge in [-0.1, -0.05) is 17.7 Å². The number of pyridine rings is 1. The molecule has 0 aliphatic carbocycles. The van der Waals surface area contributed by atoms with E-state index in [4.69, 9.17) is 11.6 Å². The van der Waals surface area contributed by atoms with Gasteiger partial charge in [0.15, 0.2) is 0 Å². The van der Waals surface area contributed by atoms with Gasteiger partial charge < -0.3 is 0 Å². The predicted octanol–water partition coefficient (Wildman–Crippen LogP) is 3.77. The Kier molecular flexibility index (Phi) is 4.47. The minimum Gasteiger partial charge on any atom is -0.261 e. The first-order valence-corrected chi connectivity index (χ1v) is 6.35. The lowest BCUT2D eigenvalue weighted by Gasteiger charge is -2.15. The molecule has 2 rings (SSSR count). The van der Waals surface area contributed by atoms with Crippen molar-refractivity contribution in [2.75, 3.05) is 11.6 Å². The second-order valence-corrected chi connectivity index (χ2v) is 4.68. The molecule has 19 heavy (non-hydrogen) atoms. The summed E-state index contributed by atoms with van der Waals surface area (Å²) in [6.45, 7) is 2.45. The molecule has 0 spiro atoms. The number of anilines is 1. The molecule has 0 aliphatic heterocycles. The van der Waals surface area contributed by atoms with Crippen molar-refractivity contribution in [1.29, 1.82) is 0 Å². The van der Waals surface area contributed by atoms with E-state index in [1.165, 1.54) is 5.01 Å². The average Bonchev–Trinajstić information content (AvgIpc) is 2.43. The number of nitroso groups, excluding NO2 is 1. The van der Waals surface area contributed by atoms with Crippen LogP contribution in [0.15, 0.2) is 47.9 Å². The zero-order valence-corrected chi connectivity index (χ0v) is 11.3. The molecule has 0 radical (unpaired) electrons. The van der Waals surface area contributed by atoms with Gasteiger partial charge in [-0.3, -0.25) is 4.98 Å². The Hall–Kier alpha value is -1.94. The zero-order chi connectivity index (χ0) is 13.7. The highest BCUT2D eigenvalue weighted by atomic mass is 35.5. The third-order valence-electron chi connectivity index (χ3n) is 2.81. The Labute approximate surface area is 117 Å². The van der Waals surface area contributed by atoms with E-state index in [0.29, 0.717) is 18.0 Å². The molecule has 2 aromatic rings. The fraction of sp³-hybridized carbons (Fsp3) is 0.214. The third-order valence-corrected chi connectivity index (χ3v) is 3.06. The van der Waals surface area contributed by atoms with Crippen molar-refractivity contribution in [3.63, 3.8) is 0 Å². The summed E-state index contributed by atoms with van der Waals surface area (Å²) < 4.78 is 0. The van der Waals surface area contributed by atoms with Crippen molar-refractivity contribution in [2.45, 2.75) is 13.3 Å². The van der Waals surface area contributed by atoms with Crippen LogP contribution < -0.4 is 5.01 Å². The number of benzene rings is 1. The summed E-state index contributed by atoms with van der Waals surface area (Å²) in [5.74, 6) is 0. The first kappa shape index (κ1) is 13.5. The van der Waals surface area contributed by atoms with Crippen LogP contribution in [0, 0.1) is 11.8 Å². The summed E-state index contributed by atoms with van der Waals surface area (Å²) in [6, 6.07) is 11.0. The lowest BCUT2D eigenvalue weighted by atomic mass is 10.2. The smallest absolute Gasteiger partial charge is 0.0627 e. The maximum absolute atomic E-state index is 10.9. The van der Waals surface area contributed by atoms with E-state index in [1.54, 1.807) is 24.3 Å². The van der Waals surface area contributed by atoms with Gasteiger partial charge in [0, 0.05) is 23.5 Å². The molecule has 0 saturated carbocycles. The fourth-order valence-electron chi connectivity index (χ4n) is 1.71. The predicted molar refractivity (Wildman–Crippen MR) is 77.3 cm³/mol. The molecule has 5 heteroatoms. The first-order valence-electron chi connectivity index (χ1n) is 5.97. The van der Waals surface area contributed by atoms with Crippen molar-refractivity contribution in [1.82, 2.24) is 4.98 Å². The SMILES string of the molecule is Cc1ccc(CCN(N=O)c2ccc(Cl)cc2)cn1. The zero-order valence-electron chi connectivity index (χ0n) is 10.6. The topological polar surface area (TPSA) is 45.6 Å². The van der Waals surface area contributed by atoms with Gasteiger partial charge in [-0.05, 0) is 49.2 Å². The van der Waals surface area contributed by atoms with Crippen LogP contribution in [-0.2, 0) is 6.42 Å². The standard InChI is InChI=1S/C14H14ClN3O/c1-11-2-3-12(10-16-11)8-9-18(17-19)14-6-4-13(15)5-7-14/h2-7,10H,8-9H2,1H3. The summed E-state index contributed by atoms with van der Waals surface area (Å²) in [6.07, 6.45) is 2.53. The molecular weight excluding hydrogens is 262 g/mol. The van der Waals surface area contributed by atoms with Crippen LogP contribution in [0.1, 0.15) is 11.3 Å². The molecule has 98 valence electrons.